The van der Waals surface area contributed by atoms with Crippen LogP contribution in [0.1, 0.15) is 54.5 Å². The largest absolute Gasteiger partial charge is 0.507 e. The monoisotopic (exact) mass is 586 g/mol. The summed E-state index contributed by atoms with van der Waals surface area (Å²) in [5.41, 5.74) is 3.36. The molecule has 0 saturated carbocycles. The number of pyridine rings is 1. The van der Waals surface area contributed by atoms with Crippen LogP contribution in [0, 0.1) is 6.92 Å². The van der Waals surface area contributed by atoms with E-state index in [4.69, 9.17) is 4.74 Å². The molecule has 1 saturated heterocycles. The van der Waals surface area contributed by atoms with Crippen molar-refractivity contribution in [3.05, 3.63) is 101 Å². The topological polar surface area (TPSA) is 106 Å². The van der Waals surface area contributed by atoms with E-state index in [1.165, 1.54) is 46.0 Å². The number of aliphatic hydroxyl groups is 1. The third-order valence-electron chi connectivity index (χ3n) is 6.70. The number of aryl methyl sites for hydroxylation is 1. The summed E-state index contributed by atoms with van der Waals surface area (Å²) < 4.78 is 6.53. The van der Waals surface area contributed by atoms with Crippen LogP contribution in [0.2, 0.25) is 0 Å². The second-order valence-electron chi connectivity index (χ2n) is 9.65. The molecule has 10 heteroatoms. The highest BCUT2D eigenvalue weighted by atomic mass is 32.2. The highest BCUT2D eigenvalue weighted by Crippen LogP contribution is 2.44. The molecule has 0 radical (unpaired) electrons. The average Bonchev–Trinajstić information content (AvgIpc) is 3.57. The lowest BCUT2D eigenvalue weighted by Gasteiger charge is -2.22. The van der Waals surface area contributed by atoms with Crippen molar-refractivity contribution in [2.45, 2.75) is 49.2 Å². The van der Waals surface area contributed by atoms with E-state index in [1.54, 1.807) is 12.1 Å². The lowest BCUT2D eigenvalue weighted by Crippen LogP contribution is -2.29. The number of carbonyl (C=O) groups is 2. The van der Waals surface area contributed by atoms with Crippen molar-refractivity contribution >= 4 is 45.7 Å². The Hall–Kier alpha value is -4.02. The number of thioether (sulfide) groups is 1. The number of aliphatic hydroxyl groups excluding tert-OH is 1. The van der Waals surface area contributed by atoms with Gasteiger partial charge in [-0.1, -0.05) is 84.8 Å². The highest BCUT2D eigenvalue weighted by molar-refractivity contribution is 8.00. The van der Waals surface area contributed by atoms with Crippen LogP contribution < -0.4 is 9.64 Å². The number of hydrogen-bond donors (Lipinski definition) is 1. The van der Waals surface area contributed by atoms with Gasteiger partial charge in [-0.25, -0.2) is 0 Å². The van der Waals surface area contributed by atoms with Gasteiger partial charge < -0.3 is 9.84 Å². The molecule has 1 aliphatic rings. The molecule has 1 atom stereocenters. The van der Waals surface area contributed by atoms with Gasteiger partial charge in [-0.15, -0.1) is 10.2 Å². The summed E-state index contributed by atoms with van der Waals surface area (Å²) in [7, 11) is 0. The highest BCUT2D eigenvalue weighted by Gasteiger charge is 2.48. The van der Waals surface area contributed by atoms with Gasteiger partial charge >= 0.3 is 5.91 Å². The lowest BCUT2D eigenvalue weighted by atomic mass is 9.95. The maximum atomic E-state index is 13.5. The fourth-order valence-corrected chi connectivity index (χ4v) is 6.31. The molecule has 1 aliphatic heterocycles. The number of hydrogen-bond acceptors (Lipinski definition) is 9. The zero-order valence-corrected chi connectivity index (χ0v) is 24.5. The summed E-state index contributed by atoms with van der Waals surface area (Å²) in [4.78, 5) is 32.2. The molecule has 0 bridgehead atoms. The molecule has 41 heavy (non-hydrogen) atoms. The Kier molecular flexibility index (Phi) is 9.11. The van der Waals surface area contributed by atoms with Gasteiger partial charge in [0, 0.05) is 23.7 Å². The molecule has 2 aromatic heterocycles. The SMILES string of the molecule is CCCCCOc1ccc(C2/C(=C(\O)c3ccncc3)C(=O)C(=O)N2c2nnc(SCc3ccc(C)cc3)s2)cc1. The number of nitrogens with zero attached hydrogens (tertiary/aromatic N) is 4. The normalized spacial score (nSPS) is 16.3. The fourth-order valence-electron chi connectivity index (χ4n) is 4.49. The number of ether oxygens (including phenoxy) is 1. The van der Waals surface area contributed by atoms with E-state index in [0.717, 1.165) is 24.8 Å². The van der Waals surface area contributed by atoms with E-state index in [1.807, 2.05) is 31.2 Å². The third kappa shape index (κ3) is 6.49. The predicted octanol–water partition coefficient (Wildman–Crippen LogP) is 6.73. The summed E-state index contributed by atoms with van der Waals surface area (Å²) >= 11 is 2.75. The molecule has 0 spiro atoms. The van der Waals surface area contributed by atoms with Crippen molar-refractivity contribution in [1.29, 1.82) is 0 Å². The predicted molar refractivity (Wildman–Crippen MR) is 161 cm³/mol. The molecule has 5 rings (SSSR count). The molecule has 210 valence electrons. The van der Waals surface area contributed by atoms with Crippen molar-refractivity contribution in [2.24, 2.45) is 0 Å². The second-order valence-corrected chi connectivity index (χ2v) is 11.8. The van der Waals surface area contributed by atoms with Crippen LogP contribution in [0.4, 0.5) is 5.13 Å². The minimum Gasteiger partial charge on any atom is -0.507 e. The zero-order chi connectivity index (χ0) is 28.8. The van der Waals surface area contributed by atoms with Crippen LogP contribution in [-0.4, -0.2) is 38.6 Å². The summed E-state index contributed by atoms with van der Waals surface area (Å²) in [5, 5.41) is 20.1. The van der Waals surface area contributed by atoms with Crippen molar-refractivity contribution in [1.82, 2.24) is 15.2 Å². The fraction of sp³-hybridized carbons (Fsp3) is 0.258. The van der Waals surface area contributed by atoms with E-state index in [-0.39, 0.29) is 16.5 Å². The number of carbonyl (C=O) groups excluding carboxylic acids is 2. The van der Waals surface area contributed by atoms with Gasteiger partial charge in [0.25, 0.3) is 5.78 Å². The summed E-state index contributed by atoms with van der Waals surface area (Å²) in [5.74, 6) is -0.429. The molecular formula is C31H30N4O4S2. The van der Waals surface area contributed by atoms with E-state index < -0.39 is 17.7 Å². The van der Waals surface area contributed by atoms with Crippen molar-refractivity contribution < 1.29 is 19.4 Å². The lowest BCUT2D eigenvalue weighted by molar-refractivity contribution is -0.132. The van der Waals surface area contributed by atoms with Gasteiger partial charge in [0.2, 0.25) is 5.13 Å². The van der Waals surface area contributed by atoms with Gasteiger partial charge in [-0.2, -0.15) is 0 Å². The summed E-state index contributed by atoms with van der Waals surface area (Å²) in [6, 6.07) is 17.8. The summed E-state index contributed by atoms with van der Waals surface area (Å²) in [6.07, 6.45) is 6.20. The van der Waals surface area contributed by atoms with Crippen LogP contribution in [0.15, 0.2) is 83.0 Å². The van der Waals surface area contributed by atoms with E-state index >= 15 is 0 Å². The Morgan fingerprint density at radius 1 is 1.00 bits per heavy atom. The Morgan fingerprint density at radius 3 is 2.44 bits per heavy atom. The van der Waals surface area contributed by atoms with Gasteiger partial charge in [-0.05, 0) is 48.7 Å². The van der Waals surface area contributed by atoms with Crippen LogP contribution in [-0.2, 0) is 15.3 Å². The molecule has 3 heterocycles. The number of unbranched alkanes of at least 4 members (excludes halogenated alkanes) is 2. The number of Topliss-reactive ketones (excluding diaryl/α,β-unsaturated/α-hetero) is 1. The van der Waals surface area contributed by atoms with Gasteiger partial charge in [0.05, 0.1) is 18.2 Å². The van der Waals surface area contributed by atoms with Crippen molar-refractivity contribution in [3.63, 3.8) is 0 Å². The average molecular weight is 587 g/mol. The van der Waals surface area contributed by atoms with Crippen molar-refractivity contribution in [3.8, 4) is 5.75 Å². The first-order valence-electron chi connectivity index (χ1n) is 13.4. The van der Waals surface area contributed by atoms with Gasteiger partial charge in [0.1, 0.15) is 11.5 Å². The quantitative estimate of drug-likeness (QED) is 0.0515. The van der Waals surface area contributed by atoms with Crippen LogP contribution >= 0.6 is 23.1 Å². The third-order valence-corrected chi connectivity index (χ3v) is 8.82. The first-order chi connectivity index (χ1) is 20.0. The maximum Gasteiger partial charge on any atom is 0.301 e. The van der Waals surface area contributed by atoms with Crippen LogP contribution in [0.25, 0.3) is 5.76 Å². The number of amides is 1. The molecule has 1 amide bonds. The van der Waals surface area contributed by atoms with E-state index in [9.17, 15) is 14.7 Å². The van der Waals surface area contributed by atoms with E-state index in [2.05, 4.69) is 46.4 Å². The number of anilines is 1. The van der Waals surface area contributed by atoms with Crippen molar-refractivity contribution in [2.75, 3.05) is 11.5 Å². The molecule has 2 aromatic carbocycles. The number of ketones is 1. The summed E-state index contributed by atoms with van der Waals surface area (Å²) in [6.45, 7) is 4.80. The zero-order valence-electron chi connectivity index (χ0n) is 22.8. The Balaban J connectivity index is 1.47. The Bertz CT molecular complexity index is 1540. The molecule has 0 aliphatic carbocycles. The maximum absolute atomic E-state index is 13.5. The first-order valence-corrected chi connectivity index (χ1v) is 15.2. The van der Waals surface area contributed by atoms with Gasteiger partial charge in [0.15, 0.2) is 4.34 Å². The number of rotatable bonds is 11. The Morgan fingerprint density at radius 2 is 1.73 bits per heavy atom. The second kappa shape index (κ2) is 13.1. The van der Waals surface area contributed by atoms with Crippen LogP contribution in [0.5, 0.6) is 5.75 Å². The smallest absolute Gasteiger partial charge is 0.301 e. The molecule has 1 fully saturated rings. The van der Waals surface area contributed by atoms with Gasteiger partial charge in [-0.3, -0.25) is 19.5 Å². The molecule has 4 aromatic rings. The molecular weight excluding hydrogens is 556 g/mol. The standard InChI is InChI=1S/C31H30N4O4S2/c1-3-4-5-18-39-24-12-10-22(11-13-24)26-25(27(36)23-14-16-32-17-15-23)28(37)29(38)35(26)30-33-34-31(41-30)40-19-21-8-6-20(2)7-9-21/h6-17,26,36H,3-5,18-19H2,1-2H3/b27-25+. The first kappa shape index (κ1) is 28.5. The molecule has 1 N–H and O–H groups in total. The van der Waals surface area contributed by atoms with Crippen LogP contribution in [0.3, 0.4) is 0 Å². The minimum absolute atomic E-state index is 0.0122. The minimum atomic E-state index is -0.889. The Labute approximate surface area is 247 Å². The molecule has 1 unspecified atom stereocenters. The number of benzene rings is 2. The molecule has 8 nitrogen and oxygen atoms in total. The number of aromatic nitrogens is 3. The van der Waals surface area contributed by atoms with E-state index in [0.29, 0.717) is 33.6 Å².